The average Bonchev–Trinajstić information content (AvgIpc) is 2.01. The zero-order chi connectivity index (χ0) is 8.69. The van der Waals surface area contributed by atoms with E-state index in [9.17, 15) is 4.79 Å². The van der Waals surface area contributed by atoms with Gasteiger partial charge in [-0.25, -0.2) is 4.79 Å². The molecule has 0 aliphatic rings. The van der Waals surface area contributed by atoms with E-state index >= 15 is 0 Å². The molecule has 0 saturated carbocycles. The van der Waals surface area contributed by atoms with E-state index in [0.29, 0.717) is 12.5 Å². The van der Waals surface area contributed by atoms with Crippen LogP contribution in [-0.2, 0) is 9.53 Å². The second-order valence-corrected chi connectivity index (χ2v) is 2.73. The zero-order valence-electron chi connectivity index (χ0n) is 7.17. The molecule has 0 aromatic rings. The normalized spacial score (nSPS) is 12.6. The van der Waals surface area contributed by atoms with E-state index in [4.69, 9.17) is 9.84 Å². The van der Waals surface area contributed by atoms with Crippen molar-refractivity contribution >= 4 is 5.97 Å². The van der Waals surface area contributed by atoms with Crippen LogP contribution in [0.2, 0.25) is 0 Å². The number of esters is 1. The van der Waals surface area contributed by atoms with E-state index in [1.54, 1.807) is 0 Å². The molecule has 0 amide bonds. The van der Waals surface area contributed by atoms with Crippen molar-refractivity contribution in [2.45, 2.75) is 26.7 Å². The Hall–Kier alpha value is -0.570. The van der Waals surface area contributed by atoms with Gasteiger partial charge in [-0.1, -0.05) is 20.3 Å². The topological polar surface area (TPSA) is 46.5 Å². The van der Waals surface area contributed by atoms with Gasteiger partial charge in [-0.3, -0.25) is 0 Å². The van der Waals surface area contributed by atoms with Crippen molar-refractivity contribution in [1.29, 1.82) is 0 Å². The molecule has 0 saturated heterocycles. The van der Waals surface area contributed by atoms with Crippen LogP contribution in [0.4, 0.5) is 0 Å². The van der Waals surface area contributed by atoms with Crippen LogP contribution in [0.1, 0.15) is 26.7 Å². The Morgan fingerprint density at radius 1 is 1.64 bits per heavy atom. The van der Waals surface area contributed by atoms with Gasteiger partial charge in [-0.2, -0.15) is 0 Å². The molecule has 0 bridgehead atoms. The quantitative estimate of drug-likeness (QED) is 0.609. The van der Waals surface area contributed by atoms with E-state index in [1.807, 2.05) is 6.92 Å². The van der Waals surface area contributed by atoms with Crippen molar-refractivity contribution in [3.63, 3.8) is 0 Å². The van der Waals surface area contributed by atoms with Crippen molar-refractivity contribution in [1.82, 2.24) is 0 Å². The largest absolute Gasteiger partial charge is 0.464 e. The highest BCUT2D eigenvalue weighted by atomic mass is 16.5. The number of carbonyl (C=O) groups excluding carboxylic acids is 1. The van der Waals surface area contributed by atoms with Crippen LogP contribution in [0, 0.1) is 5.92 Å². The Morgan fingerprint density at radius 3 is 2.73 bits per heavy atom. The summed E-state index contributed by atoms with van der Waals surface area (Å²) in [5, 5.41) is 8.30. The third kappa shape index (κ3) is 5.85. The van der Waals surface area contributed by atoms with Crippen LogP contribution < -0.4 is 0 Å². The lowest BCUT2D eigenvalue weighted by Crippen LogP contribution is -2.14. The van der Waals surface area contributed by atoms with E-state index in [2.05, 4.69) is 6.92 Å². The summed E-state index contributed by atoms with van der Waals surface area (Å²) in [6.45, 7) is 4.02. The van der Waals surface area contributed by atoms with Gasteiger partial charge in [-0.15, -0.1) is 0 Å². The highest BCUT2D eigenvalue weighted by molar-refractivity contribution is 5.70. The molecule has 66 valence electrons. The molecule has 0 aromatic heterocycles. The minimum absolute atomic E-state index is 0.399. The smallest absolute Gasteiger partial charge is 0.331 e. The Bertz CT molecular complexity index is 112. The lowest BCUT2D eigenvalue weighted by atomic mass is 10.1. The third-order valence-corrected chi connectivity index (χ3v) is 1.44. The summed E-state index contributed by atoms with van der Waals surface area (Å²) < 4.78 is 4.72. The van der Waals surface area contributed by atoms with Crippen molar-refractivity contribution in [3.8, 4) is 0 Å². The molecule has 0 fully saturated rings. The summed E-state index contributed by atoms with van der Waals surface area (Å²) in [4.78, 5) is 10.4. The fraction of sp³-hybridized carbons (Fsp3) is 0.875. The molecule has 0 aliphatic heterocycles. The molecule has 1 N–H and O–H groups in total. The monoisotopic (exact) mass is 160 g/mol. The summed E-state index contributed by atoms with van der Waals surface area (Å²) in [5.74, 6) is -0.136. The summed E-state index contributed by atoms with van der Waals surface area (Å²) in [6.07, 6.45) is 2.15. The SMILES string of the molecule is CCC[C@@H](C)COC(=O)CO. The van der Waals surface area contributed by atoms with Gasteiger partial charge in [0.05, 0.1) is 6.61 Å². The number of aliphatic hydroxyl groups excluding tert-OH is 1. The summed E-state index contributed by atoms with van der Waals surface area (Å²) in [6, 6.07) is 0. The minimum atomic E-state index is -0.534. The van der Waals surface area contributed by atoms with Crippen LogP contribution in [0.15, 0.2) is 0 Å². The maximum Gasteiger partial charge on any atom is 0.331 e. The van der Waals surface area contributed by atoms with Crippen molar-refractivity contribution in [2.75, 3.05) is 13.2 Å². The fourth-order valence-corrected chi connectivity index (χ4v) is 0.857. The number of hydrogen-bond donors (Lipinski definition) is 1. The first-order chi connectivity index (χ1) is 5.20. The van der Waals surface area contributed by atoms with Gasteiger partial charge in [0.15, 0.2) is 0 Å². The van der Waals surface area contributed by atoms with E-state index in [0.717, 1.165) is 12.8 Å². The third-order valence-electron chi connectivity index (χ3n) is 1.44. The molecule has 0 heterocycles. The molecule has 0 radical (unpaired) electrons. The Kier molecular flexibility index (Phi) is 5.84. The van der Waals surface area contributed by atoms with Crippen LogP contribution in [0.25, 0.3) is 0 Å². The number of rotatable bonds is 5. The molecule has 0 unspecified atom stereocenters. The van der Waals surface area contributed by atoms with Gasteiger partial charge < -0.3 is 9.84 Å². The van der Waals surface area contributed by atoms with Gasteiger partial charge in [-0.05, 0) is 12.3 Å². The first kappa shape index (κ1) is 10.4. The van der Waals surface area contributed by atoms with Gasteiger partial charge in [0.1, 0.15) is 6.61 Å². The maximum atomic E-state index is 10.4. The summed E-state index contributed by atoms with van der Waals surface area (Å²) in [5.41, 5.74) is 0. The first-order valence-corrected chi connectivity index (χ1v) is 3.97. The second-order valence-electron chi connectivity index (χ2n) is 2.73. The molecule has 1 atom stereocenters. The van der Waals surface area contributed by atoms with Crippen molar-refractivity contribution in [2.24, 2.45) is 5.92 Å². The fourth-order valence-electron chi connectivity index (χ4n) is 0.857. The van der Waals surface area contributed by atoms with E-state index in [-0.39, 0.29) is 0 Å². The zero-order valence-corrected chi connectivity index (χ0v) is 7.17. The number of aliphatic hydroxyl groups is 1. The van der Waals surface area contributed by atoms with Crippen molar-refractivity contribution < 1.29 is 14.6 Å². The molecule has 11 heavy (non-hydrogen) atoms. The number of hydrogen-bond acceptors (Lipinski definition) is 3. The molecule has 0 aliphatic carbocycles. The molecule has 0 spiro atoms. The Balaban J connectivity index is 3.29. The summed E-state index contributed by atoms with van der Waals surface area (Å²) >= 11 is 0. The molecule has 3 nitrogen and oxygen atoms in total. The number of carbonyl (C=O) groups is 1. The van der Waals surface area contributed by atoms with E-state index in [1.165, 1.54) is 0 Å². The highest BCUT2D eigenvalue weighted by Crippen LogP contribution is 2.04. The molecule has 0 rings (SSSR count). The second kappa shape index (κ2) is 6.16. The van der Waals surface area contributed by atoms with E-state index < -0.39 is 12.6 Å². The average molecular weight is 160 g/mol. The van der Waals surface area contributed by atoms with Crippen molar-refractivity contribution in [3.05, 3.63) is 0 Å². The molecular formula is C8H16O3. The van der Waals surface area contributed by atoms with Gasteiger partial charge in [0.25, 0.3) is 0 Å². The van der Waals surface area contributed by atoms with Crippen LogP contribution in [-0.4, -0.2) is 24.3 Å². The number of ether oxygens (including phenoxy) is 1. The molecule has 0 aromatic carbocycles. The maximum absolute atomic E-state index is 10.4. The first-order valence-electron chi connectivity index (χ1n) is 3.97. The van der Waals surface area contributed by atoms with Gasteiger partial charge in [0, 0.05) is 0 Å². The highest BCUT2D eigenvalue weighted by Gasteiger charge is 2.04. The lowest BCUT2D eigenvalue weighted by molar-refractivity contribution is -0.148. The Labute approximate surface area is 67.4 Å². The summed E-state index contributed by atoms with van der Waals surface area (Å²) in [7, 11) is 0. The Morgan fingerprint density at radius 2 is 2.27 bits per heavy atom. The van der Waals surface area contributed by atoms with Crippen LogP contribution in [0.3, 0.4) is 0 Å². The van der Waals surface area contributed by atoms with Crippen LogP contribution >= 0.6 is 0 Å². The predicted octanol–water partition coefficient (Wildman–Crippen LogP) is 0.958. The van der Waals surface area contributed by atoms with Crippen LogP contribution in [0.5, 0.6) is 0 Å². The van der Waals surface area contributed by atoms with Gasteiger partial charge in [0.2, 0.25) is 0 Å². The standard InChI is InChI=1S/C8H16O3/c1-3-4-7(2)6-11-8(10)5-9/h7,9H,3-6H2,1-2H3/t7-/m1/s1. The minimum Gasteiger partial charge on any atom is -0.464 e. The predicted molar refractivity (Wildman–Crippen MR) is 42.1 cm³/mol. The molecular weight excluding hydrogens is 144 g/mol. The van der Waals surface area contributed by atoms with Gasteiger partial charge >= 0.3 is 5.97 Å². The lowest BCUT2D eigenvalue weighted by Gasteiger charge is -2.09. The molecule has 3 heteroatoms.